The molecule has 36 heavy (non-hydrogen) atoms. The van der Waals surface area contributed by atoms with E-state index in [-0.39, 0.29) is 11.7 Å². The van der Waals surface area contributed by atoms with Gasteiger partial charge in [0.1, 0.15) is 0 Å². The Labute approximate surface area is 214 Å². The topological polar surface area (TPSA) is 70.7 Å². The first-order chi connectivity index (χ1) is 17.7. The van der Waals surface area contributed by atoms with E-state index in [2.05, 4.69) is 27.0 Å². The Morgan fingerprint density at radius 3 is 2.00 bits per heavy atom. The zero-order valence-electron chi connectivity index (χ0n) is 19.8. The third kappa shape index (κ3) is 5.82. The van der Waals surface area contributed by atoms with Gasteiger partial charge in [-0.05, 0) is 84.2 Å². The van der Waals surface area contributed by atoms with Crippen molar-refractivity contribution in [1.29, 1.82) is 0 Å². The Bertz CT molecular complexity index is 1300. The van der Waals surface area contributed by atoms with Crippen molar-refractivity contribution >= 4 is 40.1 Å². The van der Waals surface area contributed by atoms with Gasteiger partial charge in [-0.3, -0.25) is 9.59 Å². The highest BCUT2D eigenvalue weighted by Crippen LogP contribution is 2.20. The molecule has 4 aromatic rings. The molecule has 0 bridgehead atoms. The van der Waals surface area contributed by atoms with Crippen LogP contribution in [0.4, 0.5) is 17.1 Å². The molecule has 1 amide bonds. The smallest absolute Gasteiger partial charge is 0.255 e. The molecule has 1 aliphatic rings. The van der Waals surface area contributed by atoms with Crippen molar-refractivity contribution in [3.05, 3.63) is 112 Å². The standard InChI is InChI=1S/C29H27N3O3S/c33-28(21-3-9-24(10-4-21)30-20-27-2-1-19-36-27)22-5-11-25(12-6-22)31-29(34)23-7-13-26(14-8-23)32-15-17-35-18-16-32/h1-14,19,30H,15-18,20H2,(H,31,34). The number of hydrogen-bond acceptors (Lipinski definition) is 6. The number of carbonyl (C=O) groups excluding carboxylic acids is 2. The molecule has 0 atom stereocenters. The zero-order chi connectivity index (χ0) is 24.7. The van der Waals surface area contributed by atoms with Gasteiger partial charge in [0.25, 0.3) is 5.91 Å². The number of rotatable bonds is 8. The van der Waals surface area contributed by atoms with Gasteiger partial charge in [-0.15, -0.1) is 11.3 Å². The summed E-state index contributed by atoms with van der Waals surface area (Å²) in [5, 5.41) is 8.32. The highest BCUT2D eigenvalue weighted by atomic mass is 32.1. The van der Waals surface area contributed by atoms with Crippen LogP contribution in [0.5, 0.6) is 0 Å². The average molecular weight is 498 g/mol. The average Bonchev–Trinajstić information content (AvgIpc) is 3.47. The predicted octanol–water partition coefficient (Wildman–Crippen LogP) is 5.68. The van der Waals surface area contributed by atoms with E-state index in [0.717, 1.165) is 44.2 Å². The van der Waals surface area contributed by atoms with E-state index >= 15 is 0 Å². The lowest BCUT2D eigenvalue weighted by Crippen LogP contribution is -2.36. The van der Waals surface area contributed by atoms with Crippen molar-refractivity contribution < 1.29 is 14.3 Å². The van der Waals surface area contributed by atoms with Crippen LogP contribution in [0.1, 0.15) is 31.2 Å². The molecular formula is C29H27N3O3S. The number of nitrogens with zero attached hydrogens (tertiary/aromatic N) is 1. The van der Waals surface area contributed by atoms with Gasteiger partial charge in [0.15, 0.2) is 5.78 Å². The molecule has 6 nitrogen and oxygen atoms in total. The number of ether oxygens (including phenoxy) is 1. The number of amides is 1. The van der Waals surface area contributed by atoms with E-state index in [0.29, 0.717) is 22.4 Å². The lowest BCUT2D eigenvalue weighted by molar-refractivity contribution is 0.102. The fourth-order valence-corrected chi connectivity index (χ4v) is 4.71. The molecule has 1 fully saturated rings. The van der Waals surface area contributed by atoms with Crippen LogP contribution in [0.3, 0.4) is 0 Å². The SMILES string of the molecule is O=C(Nc1ccc(C(=O)c2ccc(NCc3cccs3)cc2)cc1)c1ccc(N2CCOCC2)cc1. The van der Waals surface area contributed by atoms with Gasteiger partial charge >= 0.3 is 0 Å². The number of nitrogens with one attached hydrogen (secondary N) is 2. The van der Waals surface area contributed by atoms with Gasteiger partial charge in [0, 0.05) is 58.3 Å². The van der Waals surface area contributed by atoms with Crippen molar-refractivity contribution in [2.24, 2.45) is 0 Å². The van der Waals surface area contributed by atoms with Crippen LogP contribution < -0.4 is 15.5 Å². The minimum absolute atomic E-state index is 0.0589. The van der Waals surface area contributed by atoms with E-state index in [9.17, 15) is 9.59 Å². The van der Waals surface area contributed by atoms with Gasteiger partial charge < -0.3 is 20.3 Å². The summed E-state index contributed by atoms with van der Waals surface area (Å²) in [7, 11) is 0. The van der Waals surface area contributed by atoms with Crippen molar-refractivity contribution in [3.8, 4) is 0 Å². The second-order valence-corrected chi connectivity index (χ2v) is 9.55. The summed E-state index contributed by atoms with van der Waals surface area (Å²) >= 11 is 1.71. The van der Waals surface area contributed by atoms with E-state index in [4.69, 9.17) is 4.74 Å². The van der Waals surface area contributed by atoms with E-state index in [1.165, 1.54) is 4.88 Å². The number of carbonyl (C=O) groups is 2. The minimum Gasteiger partial charge on any atom is -0.380 e. The van der Waals surface area contributed by atoms with Gasteiger partial charge in [-0.2, -0.15) is 0 Å². The molecule has 182 valence electrons. The molecule has 2 heterocycles. The summed E-state index contributed by atoms with van der Waals surface area (Å²) in [4.78, 5) is 29.1. The number of morpholine rings is 1. The third-order valence-corrected chi connectivity index (χ3v) is 6.98. The fourth-order valence-electron chi connectivity index (χ4n) is 4.06. The maximum Gasteiger partial charge on any atom is 0.255 e. The molecule has 3 aromatic carbocycles. The third-order valence-electron chi connectivity index (χ3n) is 6.10. The Kier molecular flexibility index (Phi) is 7.40. The number of hydrogen-bond donors (Lipinski definition) is 2. The lowest BCUT2D eigenvalue weighted by atomic mass is 10.0. The minimum atomic E-state index is -0.187. The molecule has 0 spiro atoms. The number of benzene rings is 3. The van der Waals surface area contributed by atoms with Crippen LogP contribution in [-0.4, -0.2) is 38.0 Å². The summed E-state index contributed by atoms with van der Waals surface area (Å²) in [6.45, 7) is 3.91. The lowest BCUT2D eigenvalue weighted by Gasteiger charge is -2.28. The highest BCUT2D eigenvalue weighted by molar-refractivity contribution is 7.09. The van der Waals surface area contributed by atoms with Crippen LogP contribution >= 0.6 is 11.3 Å². The molecule has 0 radical (unpaired) electrons. The molecule has 0 saturated carbocycles. The van der Waals surface area contributed by atoms with Gasteiger partial charge in [0.05, 0.1) is 13.2 Å². The van der Waals surface area contributed by atoms with Crippen molar-refractivity contribution in [3.63, 3.8) is 0 Å². The molecule has 1 saturated heterocycles. The molecule has 0 unspecified atom stereocenters. The molecule has 1 aromatic heterocycles. The summed E-state index contributed by atoms with van der Waals surface area (Å²) in [6, 6.07) is 26.2. The molecular weight excluding hydrogens is 470 g/mol. The predicted molar refractivity (Wildman–Crippen MR) is 145 cm³/mol. The van der Waals surface area contributed by atoms with Crippen LogP contribution in [0.25, 0.3) is 0 Å². The largest absolute Gasteiger partial charge is 0.380 e. The van der Waals surface area contributed by atoms with Crippen molar-refractivity contribution in [2.45, 2.75) is 6.54 Å². The Morgan fingerprint density at radius 2 is 1.39 bits per heavy atom. The fraction of sp³-hybridized carbons (Fsp3) is 0.172. The first-order valence-electron chi connectivity index (χ1n) is 11.9. The summed E-state index contributed by atoms with van der Waals surface area (Å²) < 4.78 is 5.39. The highest BCUT2D eigenvalue weighted by Gasteiger charge is 2.13. The second-order valence-electron chi connectivity index (χ2n) is 8.52. The van der Waals surface area contributed by atoms with Crippen LogP contribution in [0.15, 0.2) is 90.3 Å². The maximum atomic E-state index is 12.9. The van der Waals surface area contributed by atoms with E-state index in [1.807, 2.05) is 54.6 Å². The first kappa shape index (κ1) is 23.8. The van der Waals surface area contributed by atoms with Crippen molar-refractivity contribution in [1.82, 2.24) is 0 Å². The number of thiophene rings is 1. The number of anilines is 3. The Balaban J connectivity index is 1.16. The molecule has 1 aliphatic heterocycles. The van der Waals surface area contributed by atoms with Gasteiger partial charge in [0.2, 0.25) is 0 Å². The van der Waals surface area contributed by atoms with Crippen molar-refractivity contribution in [2.75, 3.05) is 41.8 Å². The quantitative estimate of drug-likeness (QED) is 0.307. The summed E-state index contributed by atoms with van der Waals surface area (Å²) in [5.74, 6) is -0.246. The van der Waals surface area contributed by atoms with Crippen LogP contribution in [-0.2, 0) is 11.3 Å². The van der Waals surface area contributed by atoms with E-state index < -0.39 is 0 Å². The van der Waals surface area contributed by atoms with Crippen LogP contribution in [0, 0.1) is 0 Å². The maximum absolute atomic E-state index is 12.9. The van der Waals surface area contributed by atoms with Crippen LogP contribution in [0.2, 0.25) is 0 Å². The second kappa shape index (κ2) is 11.2. The van der Waals surface area contributed by atoms with Gasteiger partial charge in [-0.25, -0.2) is 0 Å². The molecule has 5 rings (SSSR count). The molecule has 0 aliphatic carbocycles. The Morgan fingerprint density at radius 1 is 0.778 bits per heavy atom. The summed E-state index contributed by atoms with van der Waals surface area (Å²) in [5.41, 5.74) is 4.47. The molecule has 2 N–H and O–H groups in total. The zero-order valence-corrected chi connectivity index (χ0v) is 20.6. The van der Waals surface area contributed by atoms with E-state index in [1.54, 1.807) is 35.6 Å². The monoisotopic (exact) mass is 497 g/mol. The Hall–Kier alpha value is -3.94. The number of ketones is 1. The summed E-state index contributed by atoms with van der Waals surface area (Å²) in [6.07, 6.45) is 0. The van der Waals surface area contributed by atoms with Gasteiger partial charge in [-0.1, -0.05) is 6.07 Å². The molecule has 7 heteroatoms. The first-order valence-corrected chi connectivity index (χ1v) is 12.8. The normalized spacial score (nSPS) is 13.3.